The number of benzene rings is 2. The number of anilines is 1. The fourth-order valence-electron chi connectivity index (χ4n) is 3.60. The molecule has 0 aromatic heterocycles. The number of carboxylic acid groups (broad SMARTS) is 1. The lowest BCUT2D eigenvalue weighted by atomic mass is 9.83. The summed E-state index contributed by atoms with van der Waals surface area (Å²) >= 11 is 0. The summed E-state index contributed by atoms with van der Waals surface area (Å²) in [6.07, 6.45) is 0.349. The van der Waals surface area contributed by atoms with E-state index in [4.69, 9.17) is 14.2 Å². The average Bonchev–Trinajstić information content (AvgIpc) is 2.72. The number of hydrogen-bond donors (Lipinski definition) is 0. The van der Waals surface area contributed by atoms with Gasteiger partial charge in [0.1, 0.15) is 5.75 Å². The highest BCUT2D eigenvalue weighted by Crippen LogP contribution is 2.42. The first-order valence-electron chi connectivity index (χ1n) is 8.89. The Morgan fingerprint density at radius 1 is 1.00 bits per heavy atom. The zero-order chi connectivity index (χ0) is 20.3. The second kappa shape index (κ2) is 8.21. The van der Waals surface area contributed by atoms with Crippen LogP contribution in [0.2, 0.25) is 0 Å². The zero-order valence-electron chi connectivity index (χ0n) is 16.0. The molecule has 1 aliphatic heterocycles. The highest BCUT2D eigenvalue weighted by atomic mass is 16.5. The van der Waals surface area contributed by atoms with Crippen LogP contribution in [0.1, 0.15) is 24.4 Å². The van der Waals surface area contributed by atoms with Crippen LogP contribution in [-0.2, 0) is 9.59 Å². The van der Waals surface area contributed by atoms with Crippen LogP contribution in [0.25, 0.3) is 0 Å². The fourth-order valence-corrected chi connectivity index (χ4v) is 3.60. The SMILES string of the molecule is COc1ccc(N2C(=O)CC[C@H](C(=O)[O-])[C@@H]2c2ccc(OC)c(OC)c2)cc1. The molecule has 7 heteroatoms. The van der Waals surface area contributed by atoms with Crippen molar-refractivity contribution in [3.05, 3.63) is 48.0 Å². The molecule has 1 heterocycles. The van der Waals surface area contributed by atoms with Crippen molar-refractivity contribution in [1.82, 2.24) is 0 Å². The number of carboxylic acids is 1. The molecule has 2 aromatic rings. The molecule has 0 spiro atoms. The van der Waals surface area contributed by atoms with E-state index in [0.717, 1.165) is 0 Å². The number of methoxy groups -OCH3 is 3. The molecule has 0 radical (unpaired) electrons. The van der Waals surface area contributed by atoms with Gasteiger partial charge in [0.05, 0.1) is 27.4 Å². The number of carbonyl (C=O) groups is 2. The lowest BCUT2D eigenvalue weighted by Crippen LogP contribution is -2.49. The van der Waals surface area contributed by atoms with E-state index in [2.05, 4.69) is 0 Å². The Hall–Kier alpha value is -3.22. The van der Waals surface area contributed by atoms with Gasteiger partial charge >= 0.3 is 0 Å². The third-order valence-electron chi connectivity index (χ3n) is 5.00. The van der Waals surface area contributed by atoms with E-state index in [1.54, 1.807) is 49.6 Å². The number of rotatable bonds is 6. The van der Waals surface area contributed by atoms with Gasteiger partial charge in [-0.1, -0.05) is 6.07 Å². The van der Waals surface area contributed by atoms with E-state index in [0.29, 0.717) is 28.5 Å². The number of piperidine rings is 1. The molecule has 1 saturated heterocycles. The van der Waals surface area contributed by atoms with E-state index < -0.39 is 17.9 Å². The van der Waals surface area contributed by atoms with Crippen LogP contribution in [0, 0.1) is 5.92 Å². The molecule has 1 amide bonds. The fraction of sp³-hybridized carbons (Fsp3) is 0.333. The summed E-state index contributed by atoms with van der Waals surface area (Å²) in [5, 5.41) is 11.9. The normalized spacial score (nSPS) is 19.2. The van der Waals surface area contributed by atoms with Crippen LogP contribution in [0.15, 0.2) is 42.5 Å². The number of amides is 1. The molecule has 3 rings (SSSR count). The number of nitrogens with zero attached hydrogens (tertiary/aromatic N) is 1. The standard InChI is InChI=1S/C21H23NO6/c1-26-15-7-5-14(6-8-15)22-19(23)11-9-16(21(24)25)20(22)13-4-10-17(27-2)18(12-13)28-3/h4-8,10,12,16,20H,9,11H2,1-3H3,(H,24,25)/p-1/t16-,20-/m0/s1. The maximum atomic E-state index is 12.8. The predicted molar refractivity (Wildman–Crippen MR) is 100 cm³/mol. The summed E-state index contributed by atoms with van der Waals surface area (Å²) in [7, 11) is 4.58. The molecule has 1 aliphatic rings. The molecule has 0 bridgehead atoms. The molecule has 0 N–H and O–H groups in total. The molecule has 28 heavy (non-hydrogen) atoms. The molecule has 1 fully saturated rings. The molecule has 2 atom stereocenters. The van der Waals surface area contributed by atoms with Gasteiger partial charge < -0.3 is 29.0 Å². The predicted octanol–water partition coefficient (Wildman–Crippen LogP) is 1.95. The number of aliphatic carboxylic acids is 1. The Balaban J connectivity index is 2.11. The van der Waals surface area contributed by atoms with Crippen LogP contribution < -0.4 is 24.2 Å². The largest absolute Gasteiger partial charge is 0.550 e. The van der Waals surface area contributed by atoms with Crippen molar-refractivity contribution in [2.75, 3.05) is 26.2 Å². The number of hydrogen-bond acceptors (Lipinski definition) is 6. The minimum absolute atomic E-state index is 0.133. The van der Waals surface area contributed by atoms with E-state index in [-0.39, 0.29) is 18.7 Å². The summed E-state index contributed by atoms with van der Waals surface area (Å²) in [6, 6.07) is 11.4. The van der Waals surface area contributed by atoms with E-state index in [1.165, 1.54) is 19.1 Å². The van der Waals surface area contributed by atoms with Crippen LogP contribution in [-0.4, -0.2) is 33.2 Å². The van der Waals surface area contributed by atoms with Crippen molar-refractivity contribution >= 4 is 17.6 Å². The van der Waals surface area contributed by atoms with Gasteiger partial charge in [-0.2, -0.15) is 0 Å². The minimum atomic E-state index is -1.19. The lowest BCUT2D eigenvalue weighted by molar-refractivity contribution is -0.312. The van der Waals surface area contributed by atoms with Gasteiger partial charge in [-0.3, -0.25) is 4.79 Å². The first-order chi connectivity index (χ1) is 13.5. The summed E-state index contributed by atoms with van der Waals surface area (Å²) in [5.74, 6) is -0.558. The van der Waals surface area contributed by atoms with Crippen molar-refractivity contribution in [1.29, 1.82) is 0 Å². The summed E-state index contributed by atoms with van der Waals surface area (Å²) in [6.45, 7) is 0. The van der Waals surface area contributed by atoms with Crippen molar-refractivity contribution in [2.24, 2.45) is 5.92 Å². The first kappa shape index (κ1) is 19.5. The monoisotopic (exact) mass is 384 g/mol. The number of ether oxygens (including phenoxy) is 3. The molecule has 0 aliphatic carbocycles. The Labute approximate surface area is 163 Å². The molecule has 2 aromatic carbocycles. The average molecular weight is 384 g/mol. The Morgan fingerprint density at radius 3 is 2.25 bits per heavy atom. The van der Waals surface area contributed by atoms with E-state index in [9.17, 15) is 14.7 Å². The maximum absolute atomic E-state index is 12.8. The van der Waals surface area contributed by atoms with Gasteiger partial charge in [-0.15, -0.1) is 0 Å². The van der Waals surface area contributed by atoms with Crippen molar-refractivity contribution < 1.29 is 28.9 Å². The molecule has 0 saturated carbocycles. The van der Waals surface area contributed by atoms with Crippen molar-refractivity contribution in [2.45, 2.75) is 18.9 Å². The molecule has 148 valence electrons. The summed E-state index contributed by atoms with van der Waals surface area (Å²) in [4.78, 5) is 26.2. The van der Waals surface area contributed by atoms with Gasteiger partial charge in [0.15, 0.2) is 11.5 Å². The molecule has 7 nitrogen and oxygen atoms in total. The third-order valence-corrected chi connectivity index (χ3v) is 5.00. The first-order valence-corrected chi connectivity index (χ1v) is 8.89. The van der Waals surface area contributed by atoms with Gasteiger partial charge in [-0.25, -0.2) is 0 Å². The lowest BCUT2D eigenvalue weighted by Gasteiger charge is -2.42. The van der Waals surface area contributed by atoms with E-state index >= 15 is 0 Å². The zero-order valence-corrected chi connectivity index (χ0v) is 16.0. The molecular formula is C21H22NO6-. The van der Waals surface area contributed by atoms with Gasteiger partial charge in [0.25, 0.3) is 0 Å². The quantitative estimate of drug-likeness (QED) is 0.756. The number of carbonyl (C=O) groups excluding carboxylic acids is 2. The Kier molecular flexibility index (Phi) is 5.73. The van der Waals surface area contributed by atoms with Gasteiger partial charge in [0, 0.05) is 24.0 Å². The van der Waals surface area contributed by atoms with Crippen LogP contribution in [0.3, 0.4) is 0 Å². The van der Waals surface area contributed by atoms with Crippen molar-refractivity contribution in [3.8, 4) is 17.2 Å². The Morgan fingerprint density at radius 2 is 1.68 bits per heavy atom. The minimum Gasteiger partial charge on any atom is -0.550 e. The van der Waals surface area contributed by atoms with Gasteiger partial charge in [-0.05, 0) is 48.4 Å². The smallest absolute Gasteiger partial charge is 0.227 e. The topological polar surface area (TPSA) is 88.1 Å². The maximum Gasteiger partial charge on any atom is 0.227 e. The molecule has 0 unspecified atom stereocenters. The third kappa shape index (κ3) is 3.60. The van der Waals surface area contributed by atoms with Crippen LogP contribution >= 0.6 is 0 Å². The molecular weight excluding hydrogens is 362 g/mol. The highest BCUT2D eigenvalue weighted by molar-refractivity contribution is 5.96. The van der Waals surface area contributed by atoms with Gasteiger partial charge in [0.2, 0.25) is 5.91 Å². The Bertz CT molecular complexity index is 864. The van der Waals surface area contributed by atoms with Crippen molar-refractivity contribution in [3.63, 3.8) is 0 Å². The highest BCUT2D eigenvalue weighted by Gasteiger charge is 2.38. The van der Waals surface area contributed by atoms with E-state index in [1.807, 2.05) is 0 Å². The summed E-state index contributed by atoms with van der Waals surface area (Å²) < 4.78 is 15.8. The summed E-state index contributed by atoms with van der Waals surface area (Å²) in [5.41, 5.74) is 1.23. The second-order valence-corrected chi connectivity index (χ2v) is 6.49. The van der Waals surface area contributed by atoms with Crippen LogP contribution in [0.4, 0.5) is 5.69 Å². The second-order valence-electron chi connectivity index (χ2n) is 6.49. The van der Waals surface area contributed by atoms with Crippen LogP contribution in [0.5, 0.6) is 17.2 Å².